The number of aromatic nitrogens is 3. The van der Waals surface area contributed by atoms with Crippen molar-refractivity contribution in [2.24, 2.45) is 0 Å². The summed E-state index contributed by atoms with van der Waals surface area (Å²) in [5.74, 6) is 2.72. The summed E-state index contributed by atoms with van der Waals surface area (Å²) in [4.78, 5) is 31.0. The van der Waals surface area contributed by atoms with Gasteiger partial charge in [-0.1, -0.05) is 17.7 Å². The molecular formula is C27H27ClN6O3. The summed E-state index contributed by atoms with van der Waals surface area (Å²) in [6.07, 6.45) is 0. The Hall–Kier alpha value is -4.11. The topological polar surface area (TPSA) is 92.7 Å². The number of benzene rings is 2. The Balaban J connectivity index is 1.38. The van der Waals surface area contributed by atoms with E-state index >= 15 is 0 Å². The standard InChI is InChI=1S/C27H27ClN6O3/c1-17-29-22-9-8-21(18-7-10-23(36-2)24(15-18)37-3)32-25(22)26(30-17)33-11-13-34(14-12-33)27(35)31-20-6-4-5-19(28)16-20/h4-10,15-16H,11-14H2,1-3H3,(H,31,35). The Bertz CT molecular complexity index is 1460. The Morgan fingerprint density at radius 1 is 0.919 bits per heavy atom. The highest BCUT2D eigenvalue weighted by Crippen LogP contribution is 2.33. The Morgan fingerprint density at radius 2 is 1.70 bits per heavy atom. The molecule has 9 nitrogen and oxygen atoms in total. The fourth-order valence-corrected chi connectivity index (χ4v) is 4.57. The van der Waals surface area contributed by atoms with Crippen LogP contribution in [0.3, 0.4) is 0 Å². The number of rotatable bonds is 5. The van der Waals surface area contributed by atoms with E-state index in [1.165, 1.54) is 0 Å². The first-order valence-electron chi connectivity index (χ1n) is 11.9. The van der Waals surface area contributed by atoms with Crippen molar-refractivity contribution in [1.82, 2.24) is 19.9 Å². The molecule has 37 heavy (non-hydrogen) atoms. The SMILES string of the molecule is COc1ccc(-c2ccc3nc(C)nc(N4CCN(C(=O)Nc5cccc(Cl)c5)CC4)c3n2)cc1OC. The van der Waals surface area contributed by atoms with Gasteiger partial charge in [-0.2, -0.15) is 0 Å². The molecule has 1 saturated heterocycles. The quantitative estimate of drug-likeness (QED) is 0.396. The van der Waals surface area contributed by atoms with Gasteiger partial charge in [-0.3, -0.25) is 0 Å². The monoisotopic (exact) mass is 518 g/mol. The Labute approximate surface area is 220 Å². The van der Waals surface area contributed by atoms with Crippen molar-refractivity contribution in [1.29, 1.82) is 0 Å². The van der Waals surface area contributed by atoms with Crippen LogP contribution in [-0.4, -0.2) is 66.3 Å². The van der Waals surface area contributed by atoms with Gasteiger partial charge in [0.2, 0.25) is 0 Å². The van der Waals surface area contributed by atoms with E-state index < -0.39 is 0 Å². The number of nitrogens with zero attached hydrogens (tertiary/aromatic N) is 5. The van der Waals surface area contributed by atoms with Crippen molar-refractivity contribution in [3.63, 3.8) is 0 Å². The van der Waals surface area contributed by atoms with Gasteiger partial charge in [-0.15, -0.1) is 0 Å². The summed E-state index contributed by atoms with van der Waals surface area (Å²) < 4.78 is 10.8. The number of hydrogen-bond donors (Lipinski definition) is 1. The molecule has 0 radical (unpaired) electrons. The van der Waals surface area contributed by atoms with Gasteiger partial charge in [0.25, 0.3) is 0 Å². The number of carbonyl (C=O) groups is 1. The molecule has 1 fully saturated rings. The lowest BCUT2D eigenvalue weighted by atomic mass is 10.1. The molecule has 0 bridgehead atoms. The second-order valence-electron chi connectivity index (χ2n) is 8.64. The smallest absolute Gasteiger partial charge is 0.321 e. The summed E-state index contributed by atoms with van der Waals surface area (Å²) >= 11 is 6.04. The van der Waals surface area contributed by atoms with Crippen molar-refractivity contribution >= 4 is 40.2 Å². The van der Waals surface area contributed by atoms with Gasteiger partial charge < -0.3 is 24.6 Å². The average Bonchev–Trinajstić information content (AvgIpc) is 2.92. The minimum Gasteiger partial charge on any atom is -0.493 e. The van der Waals surface area contributed by atoms with Crippen LogP contribution in [0.4, 0.5) is 16.3 Å². The first-order valence-corrected chi connectivity index (χ1v) is 12.3. The third-order valence-electron chi connectivity index (χ3n) is 6.26. The molecule has 0 spiro atoms. The van der Waals surface area contributed by atoms with E-state index in [-0.39, 0.29) is 6.03 Å². The van der Waals surface area contributed by atoms with Crippen LogP contribution in [0.15, 0.2) is 54.6 Å². The lowest BCUT2D eigenvalue weighted by Crippen LogP contribution is -2.50. The van der Waals surface area contributed by atoms with Crippen molar-refractivity contribution in [3.05, 3.63) is 65.4 Å². The van der Waals surface area contributed by atoms with E-state index in [0.29, 0.717) is 54.2 Å². The molecule has 0 aliphatic carbocycles. The number of pyridine rings is 1. The van der Waals surface area contributed by atoms with E-state index in [4.69, 9.17) is 31.0 Å². The first-order chi connectivity index (χ1) is 17.9. The molecule has 0 saturated carbocycles. The van der Waals surface area contributed by atoms with Gasteiger partial charge in [-0.05, 0) is 55.5 Å². The van der Waals surface area contributed by atoms with E-state index in [2.05, 4.69) is 15.2 Å². The average molecular weight is 519 g/mol. The van der Waals surface area contributed by atoms with Crippen LogP contribution in [-0.2, 0) is 0 Å². The fourth-order valence-electron chi connectivity index (χ4n) is 4.38. The van der Waals surface area contributed by atoms with Crippen LogP contribution in [0, 0.1) is 6.92 Å². The number of anilines is 2. The molecule has 10 heteroatoms. The molecule has 2 aromatic carbocycles. The molecule has 3 heterocycles. The van der Waals surface area contributed by atoms with Crippen molar-refractivity contribution in [3.8, 4) is 22.8 Å². The maximum atomic E-state index is 12.8. The first kappa shape index (κ1) is 24.6. The van der Waals surface area contributed by atoms with Gasteiger partial charge in [0.15, 0.2) is 17.3 Å². The van der Waals surface area contributed by atoms with E-state index in [1.54, 1.807) is 31.3 Å². The normalized spacial score (nSPS) is 13.5. The number of piperazine rings is 1. The van der Waals surface area contributed by atoms with Crippen molar-refractivity contribution in [2.45, 2.75) is 6.92 Å². The van der Waals surface area contributed by atoms with E-state index in [9.17, 15) is 4.79 Å². The van der Waals surface area contributed by atoms with Crippen LogP contribution >= 0.6 is 11.6 Å². The number of carbonyl (C=O) groups excluding carboxylic acids is 1. The number of ether oxygens (including phenoxy) is 2. The maximum Gasteiger partial charge on any atom is 0.321 e. The lowest BCUT2D eigenvalue weighted by Gasteiger charge is -2.35. The molecular weight excluding hydrogens is 492 g/mol. The van der Waals surface area contributed by atoms with Crippen LogP contribution in [0.5, 0.6) is 11.5 Å². The molecule has 4 aromatic rings. The minimum absolute atomic E-state index is 0.153. The zero-order valence-electron chi connectivity index (χ0n) is 20.9. The van der Waals surface area contributed by atoms with Crippen LogP contribution in [0.25, 0.3) is 22.3 Å². The lowest BCUT2D eigenvalue weighted by molar-refractivity contribution is 0.208. The minimum atomic E-state index is -0.153. The maximum absolute atomic E-state index is 12.8. The molecule has 0 atom stereocenters. The summed E-state index contributed by atoms with van der Waals surface area (Å²) in [5, 5.41) is 3.49. The highest BCUT2D eigenvalue weighted by atomic mass is 35.5. The number of fused-ring (bicyclic) bond motifs is 1. The summed E-state index contributed by atoms with van der Waals surface area (Å²) in [6, 6.07) is 16.6. The summed E-state index contributed by atoms with van der Waals surface area (Å²) in [6.45, 7) is 4.21. The van der Waals surface area contributed by atoms with Gasteiger partial charge >= 0.3 is 6.03 Å². The largest absolute Gasteiger partial charge is 0.493 e. The number of urea groups is 1. The highest BCUT2D eigenvalue weighted by molar-refractivity contribution is 6.30. The predicted molar refractivity (Wildman–Crippen MR) is 145 cm³/mol. The van der Waals surface area contributed by atoms with Gasteiger partial charge in [0.1, 0.15) is 11.3 Å². The van der Waals surface area contributed by atoms with Crippen LogP contribution in [0.1, 0.15) is 5.82 Å². The number of nitrogens with one attached hydrogen (secondary N) is 1. The van der Waals surface area contributed by atoms with Gasteiger partial charge in [-0.25, -0.2) is 19.7 Å². The van der Waals surface area contributed by atoms with Crippen molar-refractivity contribution < 1.29 is 14.3 Å². The second kappa shape index (κ2) is 10.5. The summed E-state index contributed by atoms with van der Waals surface area (Å²) in [7, 11) is 3.22. The number of methoxy groups -OCH3 is 2. The number of halogens is 1. The van der Waals surface area contributed by atoms with E-state index in [1.807, 2.05) is 49.4 Å². The predicted octanol–water partition coefficient (Wildman–Crippen LogP) is 5.02. The molecule has 1 aliphatic heterocycles. The molecule has 5 rings (SSSR count). The third-order valence-corrected chi connectivity index (χ3v) is 6.49. The fraction of sp³-hybridized carbons (Fsp3) is 0.259. The van der Waals surface area contributed by atoms with E-state index in [0.717, 1.165) is 28.1 Å². The Kier molecular flexibility index (Phi) is 6.96. The zero-order valence-corrected chi connectivity index (χ0v) is 21.6. The van der Waals surface area contributed by atoms with Crippen molar-refractivity contribution in [2.75, 3.05) is 50.6 Å². The van der Waals surface area contributed by atoms with Gasteiger partial charge in [0.05, 0.1) is 25.4 Å². The summed E-state index contributed by atoms with van der Waals surface area (Å²) in [5.41, 5.74) is 3.84. The zero-order chi connectivity index (χ0) is 25.9. The molecule has 2 amide bonds. The van der Waals surface area contributed by atoms with Crippen LogP contribution in [0.2, 0.25) is 5.02 Å². The van der Waals surface area contributed by atoms with Gasteiger partial charge in [0, 0.05) is 42.5 Å². The molecule has 1 aliphatic rings. The van der Waals surface area contributed by atoms with Crippen LogP contribution < -0.4 is 19.7 Å². The molecule has 190 valence electrons. The number of aryl methyl sites for hydroxylation is 1. The second-order valence-corrected chi connectivity index (χ2v) is 9.08. The number of hydrogen-bond acceptors (Lipinski definition) is 7. The molecule has 0 unspecified atom stereocenters. The highest BCUT2D eigenvalue weighted by Gasteiger charge is 2.24. The third kappa shape index (κ3) is 5.22. The Morgan fingerprint density at radius 3 is 2.43 bits per heavy atom. The number of amides is 2. The molecule has 1 N–H and O–H groups in total. The molecule has 2 aromatic heterocycles.